The van der Waals surface area contributed by atoms with Gasteiger partial charge in [0.2, 0.25) is 0 Å². The minimum absolute atomic E-state index is 0.594. The number of hydrogen-bond acceptors (Lipinski definition) is 4. The molecular weight excluding hydrogens is 220 g/mol. The Morgan fingerprint density at radius 1 is 1.47 bits per heavy atom. The van der Waals surface area contributed by atoms with E-state index in [2.05, 4.69) is 5.10 Å². The molecule has 1 aromatic rings. The van der Waals surface area contributed by atoms with Crippen molar-refractivity contribution < 1.29 is 14.6 Å². The zero-order valence-electron chi connectivity index (χ0n) is 11.2. The van der Waals surface area contributed by atoms with Crippen LogP contribution in [-0.4, -0.2) is 34.7 Å². The van der Waals surface area contributed by atoms with Gasteiger partial charge in [0, 0.05) is 13.7 Å². The van der Waals surface area contributed by atoms with Gasteiger partial charge in [-0.05, 0) is 20.3 Å². The SMILES string of the molecule is CCn1ncc(OC)c1C(O)C(C)(CC)OC. The molecule has 0 fully saturated rings. The summed E-state index contributed by atoms with van der Waals surface area (Å²) < 4.78 is 12.4. The lowest BCUT2D eigenvalue weighted by atomic mass is 9.93. The maximum atomic E-state index is 10.5. The Kier molecular flexibility index (Phi) is 4.54. The van der Waals surface area contributed by atoms with Crippen LogP contribution in [0.15, 0.2) is 6.20 Å². The lowest BCUT2D eigenvalue weighted by Crippen LogP contribution is -2.35. The summed E-state index contributed by atoms with van der Waals surface area (Å²) in [5, 5.41) is 14.7. The highest BCUT2D eigenvalue weighted by Gasteiger charge is 2.36. The minimum Gasteiger partial charge on any atom is -0.493 e. The predicted octanol–water partition coefficient (Wildman–Crippen LogP) is 1.76. The summed E-state index contributed by atoms with van der Waals surface area (Å²) in [5.41, 5.74) is 0.0291. The molecule has 5 heteroatoms. The second-order valence-corrected chi connectivity index (χ2v) is 4.19. The molecule has 2 atom stereocenters. The van der Waals surface area contributed by atoms with Crippen LogP contribution in [0.1, 0.15) is 39.0 Å². The molecule has 2 unspecified atom stereocenters. The number of rotatable bonds is 6. The molecule has 98 valence electrons. The maximum absolute atomic E-state index is 10.5. The van der Waals surface area contributed by atoms with Crippen LogP contribution < -0.4 is 4.74 Å². The normalized spacial score (nSPS) is 16.6. The van der Waals surface area contributed by atoms with Crippen molar-refractivity contribution in [1.82, 2.24) is 9.78 Å². The first-order chi connectivity index (χ1) is 8.03. The zero-order chi connectivity index (χ0) is 13.1. The highest BCUT2D eigenvalue weighted by Crippen LogP contribution is 2.36. The van der Waals surface area contributed by atoms with Crippen LogP contribution in [-0.2, 0) is 11.3 Å². The Hall–Kier alpha value is -1.07. The number of aromatic nitrogens is 2. The number of aliphatic hydroxyl groups is 1. The number of nitrogens with zero attached hydrogens (tertiary/aromatic N) is 2. The van der Waals surface area contributed by atoms with E-state index < -0.39 is 11.7 Å². The average molecular weight is 242 g/mol. The molecule has 0 spiro atoms. The second kappa shape index (κ2) is 5.51. The highest BCUT2D eigenvalue weighted by atomic mass is 16.5. The summed E-state index contributed by atoms with van der Waals surface area (Å²) in [4.78, 5) is 0. The van der Waals surface area contributed by atoms with E-state index in [-0.39, 0.29) is 0 Å². The predicted molar refractivity (Wildman–Crippen MR) is 65.1 cm³/mol. The lowest BCUT2D eigenvalue weighted by molar-refractivity contribution is -0.0981. The molecule has 5 nitrogen and oxygen atoms in total. The van der Waals surface area contributed by atoms with Crippen molar-refractivity contribution in [2.24, 2.45) is 0 Å². The highest BCUT2D eigenvalue weighted by molar-refractivity contribution is 5.29. The zero-order valence-corrected chi connectivity index (χ0v) is 11.2. The van der Waals surface area contributed by atoms with E-state index in [1.54, 1.807) is 25.1 Å². The van der Waals surface area contributed by atoms with Crippen molar-refractivity contribution in [2.75, 3.05) is 14.2 Å². The van der Waals surface area contributed by atoms with E-state index in [0.717, 1.165) is 0 Å². The van der Waals surface area contributed by atoms with Crippen LogP contribution in [0.25, 0.3) is 0 Å². The fourth-order valence-electron chi connectivity index (χ4n) is 1.80. The van der Waals surface area contributed by atoms with Gasteiger partial charge in [-0.15, -0.1) is 0 Å². The molecule has 0 aromatic carbocycles. The summed E-state index contributed by atoms with van der Waals surface area (Å²) in [6.07, 6.45) is 1.55. The van der Waals surface area contributed by atoms with Gasteiger partial charge in [0.05, 0.1) is 18.9 Å². The molecule has 0 aliphatic rings. The van der Waals surface area contributed by atoms with Gasteiger partial charge in [-0.25, -0.2) is 0 Å². The molecule has 1 rings (SSSR count). The van der Waals surface area contributed by atoms with E-state index in [0.29, 0.717) is 24.4 Å². The quantitative estimate of drug-likeness (QED) is 0.826. The molecule has 0 saturated carbocycles. The third-order valence-electron chi connectivity index (χ3n) is 3.37. The van der Waals surface area contributed by atoms with Crippen molar-refractivity contribution in [3.8, 4) is 5.75 Å². The van der Waals surface area contributed by atoms with Gasteiger partial charge in [-0.2, -0.15) is 5.10 Å². The molecule has 1 N–H and O–H groups in total. The summed E-state index contributed by atoms with van der Waals surface area (Å²) >= 11 is 0. The number of hydrogen-bond donors (Lipinski definition) is 1. The van der Waals surface area contributed by atoms with Crippen LogP contribution in [0.2, 0.25) is 0 Å². The van der Waals surface area contributed by atoms with Gasteiger partial charge < -0.3 is 14.6 Å². The monoisotopic (exact) mass is 242 g/mol. The van der Waals surface area contributed by atoms with Gasteiger partial charge in [0.1, 0.15) is 11.8 Å². The number of methoxy groups -OCH3 is 2. The smallest absolute Gasteiger partial charge is 0.162 e. The molecule has 1 aromatic heterocycles. The van der Waals surface area contributed by atoms with Crippen LogP contribution >= 0.6 is 0 Å². The fraction of sp³-hybridized carbons (Fsp3) is 0.750. The Morgan fingerprint density at radius 3 is 2.53 bits per heavy atom. The minimum atomic E-state index is -0.769. The summed E-state index contributed by atoms with van der Waals surface area (Å²) in [6, 6.07) is 0. The first-order valence-electron chi connectivity index (χ1n) is 5.86. The van der Waals surface area contributed by atoms with Crippen molar-refractivity contribution >= 4 is 0 Å². The van der Waals surface area contributed by atoms with E-state index in [4.69, 9.17) is 9.47 Å². The van der Waals surface area contributed by atoms with Gasteiger partial charge in [-0.1, -0.05) is 6.92 Å². The Balaban J connectivity index is 3.17. The van der Waals surface area contributed by atoms with Crippen molar-refractivity contribution in [2.45, 2.75) is 45.4 Å². The van der Waals surface area contributed by atoms with Gasteiger partial charge in [0.15, 0.2) is 5.75 Å². The molecular formula is C12H22N2O3. The molecule has 0 radical (unpaired) electrons. The molecule has 0 amide bonds. The topological polar surface area (TPSA) is 56.5 Å². The largest absolute Gasteiger partial charge is 0.493 e. The van der Waals surface area contributed by atoms with Crippen molar-refractivity contribution in [3.63, 3.8) is 0 Å². The molecule has 0 bridgehead atoms. The molecule has 0 aliphatic heterocycles. The van der Waals surface area contributed by atoms with E-state index in [9.17, 15) is 5.11 Å². The molecule has 17 heavy (non-hydrogen) atoms. The van der Waals surface area contributed by atoms with E-state index in [1.807, 2.05) is 20.8 Å². The van der Waals surface area contributed by atoms with E-state index >= 15 is 0 Å². The average Bonchev–Trinajstić information content (AvgIpc) is 2.79. The maximum Gasteiger partial charge on any atom is 0.162 e. The van der Waals surface area contributed by atoms with Crippen LogP contribution in [0.4, 0.5) is 0 Å². The Labute approximate surface area is 102 Å². The molecule has 0 aliphatic carbocycles. The van der Waals surface area contributed by atoms with Crippen molar-refractivity contribution in [1.29, 1.82) is 0 Å². The van der Waals surface area contributed by atoms with E-state index in [1.165, 1.54) is 0 Å². The summed E-state index contributed by atoms with van der Waals surface area (Å²) in [6.45, 7) is 6.51. The van der Waals surface area contributed by atoms with Crippen LogP contribution in [0.3, 0.4) is 0 Å². The third kappa shape index (κ3) is 2.45. The Bertz CT molecular complexity index is 337. The number of aliphatic hydroxyl groups excluding tert-OH is 1. The molecule has 0 saturated heterocycles. The standard InChI is InChI=1S/C12H22N2O3/c1-6-12(3,17-5)11(15)10-9(16-4)8-13-14(10)7-2/h8,11,15H,6-7H2,1-5H3. The first kappa shape index (κ1) is 14.0. The summed E-state index contributed by atoms with van der Waals surface area (Å²) in [7, 11) is 3.18. The van der Waals surface area contributed by atoms with Gasteiger partial charge in [0.25, 0.3) is 0 Å². The second-order valence-electron chi connectivity index (χ2n) is 4.19. The molecule has 1 heterocycles. The fourth-order valence-corrected chi connectivity index (χ4v) is 1.80. The number of ether oxygens (including phenoxy) is 2. The summed E-state index contributed by atoms with van der Waals surface area (Å²) in [5.74, 6) is 0.594. The van der Waals surface area contributed by atoms with Gasteiger partial charge in [-0.3, -0.25) is 4.68 Å². The van der Waals surface area contributed by atoms with Crippen LogP contribution in [0.5, 0.6) is 5.75 Å². The Morgan fingerprint density at radius 2 is 2.12 bits per heavy atom. The number of aryl methyl sites for hydroxylation is 1. The first-order valence-corrected chi connectivity index (χ1v) is 5.86. The van der Waals surface area contributed by atoms with Crippen molar-refractivity contribution in [3.05, 3.63) is 11.9 Å². The lowest BCUT2D eigenvalue weighted by Gasteiger charge is -2.32. The third-order valence-corrected chi connectivity index (χ3v) is 3.37. The van der Waals surface area contributed by atoms with Gasteiger partial charge >= 0.3 is 0 Å². The van der Waals surface area contributed by atoms with Crippen LogP contribution in [0, 0.1) is 0 Å².